The molecule has 0 aromatic heterocycles. The number of hydrogen-bond donors (Lipinski definition) is 3. The summed E-state index contributed by atoms with van der Waals surface area (Å²) in [4.78, 5) is 29.8. The fourth-order valence-corrected chi connectivity index (χ4v) is 3.60. The number of nitrogens with two attached hydrogens (primary N) is 1. The summed E-state index contributed by atoms with van der Waals surface area (Å²) in [6.07, 6.45) is 1.43. The molecule has 8 heteroatoms. The van der Waals surface area contributed by atoms with E-state index in [0.29, 0.717) is 31.0 Å². The van der Waals surface area contributed by atoms with Gasteiger partial charge in [-0.2, -0.15) is 0 Å². The quantitative estimate of drug-likeness (QED) is 0.274. The first-order chi connectivity index (χ1) is 14.5. The Morgan fingerprint density at radius 2 is 1.87 bits per heavy atom. The fraction of sp³-hybridized carbons (Fsp3) is 0.348. The maximum absolute atomic E-state index is 12.3. The summed E-state index contributed by atoms with van der Waals surface area (Å²) < 4.78 is 0. The van der Waals surface area contributed by atoms with Crippen molar-refractivity contribution >= 4 is 41.8 Å². The molecule has 1 aliphatic rings. The first kappa shape index (κ1) is 24.6. The van der Waals surface area contributed by atoms with Crippen LogP contribution in [-0.4, -0.2) is 49.4 Å². The molecule has 0 saturated carbocycles. The Bertz CT molecular complexity index is 904. The van der Waals surface area contributed by atoms with Gasteiger partial charge in [0.1, 0.15) is 0 Å². The minimum atomic E-state index is -0.443. The van der Waals surface area contributed by atoms with E-state index >= 15 is 0 Å². The van der Waals surface area contributed by atoms with E-state index in [1.165, 1.54) is 5.56 Å². The lowest BCUT2D eigenvalue weighted by molar-refractivity contribution is -0.127. The Labute approximate surface area is 200 Å². The molecule has 1 unspecified atom stereocenters. The van der Waals surface area contributed by atoms with Crippen LogP contribution in [0.1, 0.15) is 27.9 Å². The number of likely N-dealkylation sites (tertiary alicyclic amines) is 1. The van der Waals surface area contributed by atoms with Crippen LogP contribution in [0.2, 0.25) is 0 Å². The third-order valence-corrected chi connectivity index (χ3v) is 5.26. The third kappa shape index (κ3) is 7.54. The van der Waals surface area contributed by atoms with Gasteiger partial charge in [0.15, 0.2) is 5.96 Å². The first-order valence-corrected chi connectivity index (χ1v) is 10.2. The molecular weight excluding hydrogens is 505 g/mol. The van der Waals surface area contributed by atoms with Gasteiger partial charge in [-0.1, -0.05) is 42.5 Å². The summed E-state index contributed by atoms with van der Waals surface area (Å²) in [7, 11) is 1.71. The maximum atomic E-state index is 12.3. The lowest BCUT2D eigenvalue weighted by atomic mass is 10.1. The summed E-state index contributed by atoms with van der Waals surface area (Å²) in [5.74, 6) is 0.686. The van der Waals surface area contributed by atoms with E-state index in [1.807, 2.05) is 35.2 Å². The van der Waals surface area contributed by atoms with Crippen LogP contribution in [0.3, 0.4) is 0 Å². The molecule has 3 rings (SSSR count). The molecule has 2 aromatic rings. The monoisotopic (exact) mass is 535 g/mol. The number of carbonyl (C=O) groups excluding carboxylic acids is 2. The van der Waals surface area contributed by atoms with E-state index < -0.39 is 5.91 Å². The summed E-state index contributed by atoms with van der Waals surface area (Å²) in [6.45, 7) is 2.71. The molecule has 1 aliphatic heterocycles. The lowest BCUT2D eigenvalue weighted by Crippen LogP contribution is -2.40. The van der Waals surface area contributed by atoms with Crippen LogP contribution < -0.4 is 16.4 Å². The van der Waals surface area contributed by atoms with Gasteiger partial charge in [-0.25, -0.2) is 0 Å². The average molecular weight is 535 g/mol. The van der Waals surface area contributed by atoms with Crippen molar-refractivity contribution in [1.82, 2.24) is 15.5 Å². The van der Waals surface area contributed by atoms with Gasteiger partial charge in [-0.05, 0) is 29.7 Å². The van der Waals surface area contributed by atoms with Crippen LogP contribution >= 0.6 is 24.0 Å². The van der Waals surface area contributed by atoms with Gasteiger partial charge < -0.3 is 21.3 Å². The molecule has 166 valence electrons. The normalized spacial score (nSPS) is 16.0. The van der Waals surface area contributed by atoms with Crippen LogP contribution in [0, 0.1) is 5.92 Å². The van der Waals surface area contributed by atoms with Crippen molar-refractivity contribution in [2.75, 3.05) is 26.7 Å². The van der Waals surface area contributed by atoms with Crippen LogP contribution in [0.15, 0.2) is 59.6 Å². The van der Waals surface area contributed by atoms with Crippen LogP contribution in [0.4, 0.5) is 0 Å². The minimum Gasteiger partial charge on any atom is -0.366 e. The van der Waals surface area contributed by atoms with Crippen molar-refractivity contribution in [2.24, 2.45) is 16.6 Å². The van der Waals surface area contributed by atoms with Crippen LogP contribution in [0.25, 0.3) is 0 Å². The number of nitrogens with zero attached hydrogens (tertiary/aromatic N) is 2. The van der Waals surface area contributed by atoms with E-state index in [-0.39, 0.29) is 35.8 Å². The van der Waals surface area contributed by atoms with E-state index in [1.54, 1.807) is 19.2 Å². The average Bonchev–Trinajstić information content (AvgIpc) is 3.12. The number of aliphatic imine (C=N–C) groups is 1. The van der Waals surface area contributed by atoms with Crippen molar-refractivity contribution in [3.63, 3.8) is 0 Å². The van der Waals surface area contributed by atoms with E-state index in [0.717, 1.165) is 25.1 Å². The molecule has 2 aromatic carbocycles. The molecule has 0 bridgehead atoms. The van der Waals surface area contributed by atoms with Gasteiger partial charge in [-0.3, -0.25) is 14.6 Å². The zero-order valence-corrected chi connectivity index (χ0v) is 20.0. The topological polar surface area (TPSA) is 99.8 Å². The van der Waals surface area contributed by atoms with Gasteiger partial charge in [0.25, 0.3) is 0 Å². The Morgan fingerprint density at radius 3 is 2.58 bits per heavy atom. The second-order valence-corrected chi connectivity index (χ2v) is 7.52. The molecular formula is C23H30IN5O2. The predicted molar refractivity (Wildman–Crippen MR) is 133 cm³/mol. The molecule has 0 radical (unpaired) electrons. The number of nitrogens with one attached hydrogen (secondary N) is 2. The Balaban J connectivity index is 0.00000341. The zero-order valence-electron chi connectivity index (χ0n) is 17.7. The number of benzene rings is 2. The number of primary amides is 1. The van der Waals surface area contributed by atoms with Crippen molar-refractivity contribution in [3.05, 3.63) is 71.3 Å². The highest BCUT2D eigenvalue weighted by Crippen LogP contribution is 2.17. The first-order valence-electron chi connectivity index (χ1n) is 10.2. The van der Waals surface area contributed by atoms with Crippen molar-refractivity contribution in [3.8, 4) is 0 Å². The Hall–Kier alpha value is -2.62. The molecule has 0 spiro atoms. The van der Waals surface area contributed by atoms with Gasteiger partial charge in [-0.15, -0.1) is 24.0 Å². The van der Waals surface area contributed by atoms with Gasteiger partial charge >= 0.3 is 0 Å². The Kier molecular flexibility index (Phi) is 9.77. The molecule has 1 heterocycles. The maximum Gasteiger partial charge on any atom is 0.248 e. The van der Waals surface area contributed by atoms with Gasteiger partial charge in [0.05, 0.1) is 0 Å². The summed E-state index contributed by atoms with van der Waals surface area (Å²) in [5, 5.41) is 6.54. The van der Waals surface area contributed by atoms with Gasteiger partial charge in [0, 0.05) is 51.1 Å². The highest BCUT2D eigenvalue weighted by molar-refractivity contribution is 14.0. The lowest BCUT2D eigenvalue weighted by Gasteiger charge is -2.18. The second kappa shape index (κ2) is 12.3. The summed E-state index contributed by atoms with van der Waals surface area (Å²) in [5.41, 5.74) is 8.01. The number of carbonyl (C=O) groups is 2. The molecule has 0 aliphatic carbocycles. The third-order valence-electron chi connectivity index (χ3n) is 5.26. The van der Waals surface area contributed by atoms with Crippen molar-refractivity contribution in [1.29, 1.82) is 0 Å². The van der Waals surface area contributed by atoms with Gasteiger partial charge in [0.2, 0.25) is 11.8 Å². The van der Waals surface area contributed by atoms with E-state index in [4.69, 9.17) is 5.73 Å². The number of guanidine groups is 1. The number of amides is 2. The number of rotatable bonds is 8. The predicted octanol–water partition coefficient (Wildman–Crippen LogP) is 2.16. The molecule has 1 saturated heterocycles. The number of hydrogen-bond acceptors (Lipinski definition) is 3. The molecule has 1 atom stereocenters. The Morgan fingerprint density at radius 1 is 1.13 bits per heavy atom. The summed E-state index contributed by atoms with van der Waals surface area (Å²) >= 11 is 0. The molecule has 1 fully saturated rings. The fourth-order valence-electron chi connectivity index (χ4n) is 3.60. The SMILES string of the molecule is CN=C(NCc1cccc(C(N)=O)c1)NCC1CC(=O)N(CCc2ccccc2)C1.I. The molecule has 4 N–H and O–H groups in total. The molecule has 31 heavy (non-hydrogen) atoms. The molecule has 7 nitrogen and oxygen atoms in total. The van der Waals surface area contributed by atoms with E-state index in [9.17, 15) is 9.59 Å². The van der Waals surface area contributed by atoms with Crippen molar-refractivity contribution < 1.29 is 9.59 Å². The smallest absolute Gasteiger partial charge is 0.248 e. The minimum absolute atomic E-state index is 0. The number of halogens is 1. The largest absolute Gasteiger partial charge is 0.366 e. The second-order valence-electron chi connectivity index (χ2n) is 7.52. The van der Waals surface area contributed by atoms with Crippen molar-refractivity contribution in [2.45, 2.75) is 19.4 Å². The van der Waals surface area contributed by atoms with Crippen LogP contribution in [0.5, 0.6) is 0 Å². The highest BCUT2D eigenvalue weighted by Gasteiger charge is 2.29. The molecule has 2 amide bonds. The van der Waals surface area contributed by atoms with E-state index in [2.05, 4.69) is 27.8 Å². The highest BCUT2D eigenvalue weighted by atomic mass is 127. The summed E-state index contributed by atoms with van der Waals surface area (Å²) in [6, 6.07) is 17.4. The zero-order chi connectivity index (χ0) is 21.3. The standard InChI is InChI=1S/C23H29N5O2.HI/c1-25-23(26-14-18-8-5-9-20(12-18)22(24)30)27-15-19-13-21(29)28(16-19)11-10-17-6-3-2-4-7-17;/h2-9,12,19H,10-11,13-16H2,1H3,(H2,24,30)(H2,25,26,27);1H. The van der Waals surface area contributed by atoms with Crippen LogP contribution in [-0.2, 0) is 17.8 Å².